The molecule has 0 radical (unpaired) electrons. The van der Waals surface area contributed by atoms with Gasteiger partial charge in [-0.25, -0.2) is 4.79 Å². The van der Waals surface area contributed by atoms with Crippen molar-refractivity contribution in [1.29, 1.82) is 0 Å². The Morgan fingerprint density at radius 3 is 2.50 bits per heavy atom. The van der Waals surface area contributed by atoms with Crippen LogP contribution in [0.4, 0.5) is 4.79 Å². The zero-order valence-corrected chi connectivity index (χ0v) is 17.3. The van der Waals surface area contributed by atoms with Crippen LogP contribution < -0.4 is 0 Å². The van der Waals surface area contributed by atoms with Crippen LogP contribution in [0.25, 0.3) is 0 Å². The van der Waals surface area contributed by atoms with E-state index in [9.17, 15) is 19.8 Å². The second kappa shape index (κ2) is 8.45. The maximum absolute atomic E-state index is 13.1. The summed E-state index contributed by atoms with van der Waals surface area (Å²) in [5, 5.41) is 20.9. The maximum atomic E-state index is 13.1. The molecular weight excluding hydrogens is 405 g/mol. The summed E-state index contributed by atoms with van der Waals surface area (Å²) < 4.78 is 0. The number of hydrogen-bond acceptors (Lipinski definition) is 4. The summed E-state index contributed by atoms with van der Waals surface area (Å²) in [5.74, 6) is -0.173. The Kier molecular flexibility index (Phi) is 6.39. The largest absolute Gasteiger partial charge is 0.465 e. The van der Waals surface area contributed by atoms with E-state index in [-0.39, 0.29) is 31.5 Å². The molecule has 1 aromatic carbocycles. The molecule has 0 bridgehead atoms. The van der Waals surface area contributed by atoms with E-state index in [2.05, 4.69) is 4.90 Å². The summed E-state index contributed by atoms with van der Waals surface area (Å²) in [6.45, 7) is 3.90. The molecule has 2 aliphatic rings. The molecule has 3 rings (SSSR count). The summed E-state index contributed by atoms with van der Waals surface area (Å²) in [5.41, 5.74) is -0.916. The highest BCUT2D eigenvalue weighted by Crippen LogP contribution is 2.27. The van der Waals surface area contributed by atoms with Gasteiger partial charge in [-0.2, -0.15) is 0 Å². The lowest BCUT2D eigenvalue weighted by molar-refractivity contribution is -0.163. The van der Waals surface area contributed by atoms with Crippen LogP contribution in [0, 0.1) is 0 Å². The number of aliphatic hydroxyl groups is 1. The molecule has 1 aromatic rings. The lowest BCUT2D eigenvalue weighted by atomic mass is 10.0. The first-order valence-electron chi connectivity index (χ1n) is 9.36. The van der Waals surface area contributed by atoms with Gasteiger partial charge in [0.25, 0.3) is 0 Å². The summed E-state index contributed by atoms with van der Waals surface area (Å²) in [4.78, 5) is 29.6. The van der Waals surface area contributed by atoms with Crippen molar-refractivity contribution in [2.24, 2.45) is 0 Å². The number of rotatable bonds is 4. The van der Waals surface area contributed by atoms with Gasteiger partial charge in [0.2, 0.25) is 5.91 Å². The summed E-state index contributed by atoms with van der Waals surface area (Å²) in [6.07, 6.45) is 1.12. The third kappa shape index (κ3) is 4.71. The number of halogens is 2. The molecule has 28 heavy (non-hydrogen) atoms. The van der Waals surface area contributed by atoms with E-state index in [1.165, 1.54) is 6.92 Å². The van der Waals surface area contributed by atoms with E-state index in [4.69, 9.17) is 23.2 Å². The third-order valence-corrected chi connectivity index (χ3v) is 6.18. The van der Waals surface area contributed by atoms with Gasteiger partial charge in [-0.3, -0.25) is 9.69 Å². The molecule has 2 aliphatic heterocycles. The Balaban J connectivity index is 1.79. The second-order valence-electron chi connectivity index (χ2n) is 7.72. The Morgan fingerprint density at radius 1 is 1.21 bits per heavy atom. The maximum Gasteiger partial charge on any atom is 0.409 e. The summed E-state index contributed by atoms with van der Waals surface area (Å²) in [6, 6.07) is 4.73. The van der Waals surface area contributed by atoms with Crippen molar-refractivity contribution >= 4 is 35.2 Å². The molecular formula is C19H25Cl2N3O4. The molecule has 2 saturated heterocycles. The number of likely N-dealkylation sites (tertiary alicyclic amines) is 1. The zero-order chi connectivity index (χ0) is 20.5. The minimum atomic E-state index is -1.64. The van der Waals surface area contributed by atoms with Crippen molar-refractivity contribution < 1.29 is 19.8 Å². The number of amides is 2. The number of carbonyl (C=O) groups excluding carboxylic acids is 1. The molecule has 154 valence electrons. The van der Waals surface area contributed by atoms with E-state index >= 15 is 0 Å². The van der Waals surface area contributed by atoms with Gasteiger partial charge in [0.05, 0.1) is 29.1 Å². The van der Waals surface area contributed by atoms with Gasteiger partial charge in [0.15, 0.2) is 5.72 Å². The number of piperazine rings is 1. The Hall–Kier alpha value is -1.54. The van der Waals surface area contributed by atoms with E-state index in [1.807, 2.05) is 0 Å². The SMILES string of the molecule is CC1(O)CN(C(=O)Cc2ccc(Cl)c(Cl)c2)C(CN2CCCC2)CN1C(=O)O. The van der Waals surface area contributed by atoms with E-state index in [1.54, 1.807) is 23.1 Å². The normalized spacial score (nSPS) is 25.9. The predicted molar refractivity (Wildman–Crippen MR) is 107 cm³/mol. The van der Waals surface area contributed by atoms with Gasteiger partial charge in [-0.1, -0.05) is 29.3 Å². The average molecular weight is 430 g/mol. The second-order valence-corrected chi connectivity index (χ2v) is 8.53. The van der Waals surface area contributed by atoms with Crippen molar-refractivity contribution in [2.75, 3.05) is 32.7 Å². The molecule has 0 aliphatic carbocycles. The molecule has 7 nitrogen and oxygen atoms in total. The van der Waals surface area contributed by atoms with Gasteiger partial charge in [0, 0.05) is 13.1 Å². The van der Waals surface area contributed by atoms with Crippen LogP contribution in [0.5, 0.6) is 0 Å². The molecule has 2 fully saturated rings. The number of carboxylic acid groups (broad SMARTS) is 1. The fourth-order valence-corrected chi connectivity index (χ4v) is 4.29. The first-order valence-corrected chi connectivity index (χ1v) is 10.1. The highest BCUT2D eigenvalue weighted by Gasteiger charge is 2.45. The smallest absolute Gasteiger partial charge is 0.409 e. The average Bonchev–Trinajstić information content (AvgIpc) is 3.12. The van der Waals surface area contributed by atoms with Crippen LogP contribution in [0.2, 0.25) is 10.0 Å². The first-order chi connectivity index (χ1) is 13.2. The summed E-state index contributed by atoms with van der Waals surface area (Å²) >= 11 is 12.0. The number of nitrogens with zero attached hydrogens (tertiary/aromatic N) is 3. The molecule has 2 heterocycles. The standard InChI is InChI=1S/C19H25Cl2N3O4/c1-19(28)12-23(17(25)9-13-4-5-15(20)16(21)8-13)14(11-24(19)18(26)27)10-22-6-2-3-7-22/h4-5,8,14,28H,2-3,6-7,9-12H2,1H3,(H,26,27). The van der Waals surface area contributed by atoms with Crippen LogP contribution in [0.3, 0.4) is 0 Å². The Labute approximate surface area is 174 Å². The quantitative estimate of drug-likeness (QED) is 0.767. The van der Waals surface area contributed by atoms with E-state index in [0.29, 0.717) is 16.6 Å². The fraction of sp³-hybridized carbons (Fsp3) is 0.579. The van der Waals surface area contributed by atoms with Gasteiger partial charge < -0.3 is 20.0 Å². The van der Waals surface area contributed by atoms with E-state index in [0.717, 1.165) is 36.4 Å². The Bertz CT molecular complexity index is 753. The van der Waals surface area contributed by atoms with Crippen molar-refractivity contribution in [1.82, 2.24) is 14.7 Å². The molecule has 0 saturated carbocycles. The number of carbonyl (C=O) groups is 2. The topological polar surface area (TPSA) is 84.3 Å². The molecule has 0 spiro atoms. The monoisotopic (exact) mass is 429 g/mol. The van der Waals surface area contributed by atoms with Gasteiger partial charge in [-0.15, -0.1) is 0 Å². The van der Waals surface area contributed by atoms with Crippen molar-refractivity contribution in [2.45, 2.75) is 38.0 Å². The fourth-order valence-electron chi connectivity index (χ4n) is 3.96. The highest BCUT2D eigenvalue weighted by molar-refractivity contribution is 6.42. The molecule has 2 unspecified atom stereocenters. The van der Waals surface area contributed by atoms with Crippen LogP contribution >= 0.6 is 23.2 Å². The molecule has 0 aromatic heterocycles. The minimum Gasteiger partial charge on any atom is -0.465 e. The zero-order valence-electron chi connectivity index (χ0n) is 15.8. The van der Waals surface area contributed by atoms with Gasteiger partial charge in [-0.05, 0) is 50.6 Å². The first kappa shape index (κ1) is 21.2. The van der Waals surface area contributed by atoms with Crippen LogP contribution in [0.1, 0.15) is 25.3 Å². The van der Waals surface area contributed by atoms with Crippen LogP contribution in [-0.4, -0.2) is 81.4 Å². The molecule has 2 N–H and O–H groups in total. The minimum absolute atomic E-state index is 0.0715. The van der Waals surface area contributed by atoms with Crippen molar-refractivity contribution in [3.05, 3.63) is 33.8 Å². The Morgan fingerprint density at radius 2 is 1.89 bits per heavy atom. The van der Waals surface area contributed by atoms with Gasteiger partial charge in [0.1, 0.15) is 0 Å². The van der Waals surface area contributed by atoms with Crippen molar-refractivity contribution in [3.8, 4) is 0 Å². The number of hydrogen-bond donors (Lipinski definition) is 2. The third-order valence-electron chi connectivity index (χ3n) is 5.44. The molecule has 9 heteroatoms. The summed E-state index contributed by atoms with van der Waals surface area (Å²) in [7, 11) is 0. The molecule has 2 atom stereocenters. The van der Waals surface area contributed by atoms with Crippen LogP contribution in [-0.2, 0) is 11.2 Å². The lowest BCUT2D eigenvalue weighted by Gasteiger charge is -2.49. The lowest BCUT2D eigenvalue weighted by Crippen LogP contribution is -2.68. The van der Waals surface area contributed by atoms with E-state index < -0.39 is 11.8 Å². The number of benzene rings is 1. The highest BCUT2D eigenvalue weighted by atomic mass is 35.5. The molecule has 2 amide bonds. The van der Waals surface area contributed by atoms with Gasteiger partial charge >= 0.3 is 6.09 Å². The van der Waals surface area contributed by atoms with Crippen molar-refractivity contribution in [3.63, 3.8) is 0 Å². The van der Waals surface area contributed by atoms with Crippen LogP contribution in [0.15, 0.2) is 18.2 Å². The predicted octanol–water partition coefficient (Wildman–Crippen LogP) is 2.53. The number of β-amino-alcohol motifs (C(OH)–C–C–N with tert-alkyl or cyclic N) is 1.